The van der Waals surface area contributed by atoms with Gasteiger partial charge in [0, 0.05) is 6.32 Å². The number of allylic oxidation sites excluding steroid dienone is 1. The molecule has 0 unspecified atom stereocenters. The van der Waals surface area contributed by atoms with Gasteiger partial charge >= 0.3 is 7.12 Å². The lowest BCUT2D eigenvalue weighted by molar-refractivity contribution is 0.00578. The minimum Gasteiger partial charge on any atom is -0.403 e. The Morgan fingerprint density at radius 2 is 1.40 bits per heavy atom. The van der Waals surface area contributed by atoms with Gasteiger partial charge in [0.25, 0.3) is 0 Å². The third kappa shape index (κ3) is 4.00. The Hall–Kier alpha value is -0.275. The highest BCUT2D eigenvalue weighted by Crippen LogP contribution is 2.37. The van der Waals surface area contributed by atoms with Crippen LogP contribution in [-0.2, 0) is 9.31 Å². The van der Waals surface area contributed by atoms with Crippen LogP contribution in [0.1, 0.15) is 48.0 Å². The van der Waals surface area contributed by atoms with Crippen LogP contribution >= 0.6 is 0 Å². The van der Waals surface area contributed by atoms with Gasteiger partial charge in [-0.05, 0) is 27.7 Å². The van der Waals surface area contributed by atoms with Crippen molar-refractivity contribution in [2.24, 2.45) is 0 Å². The fraction of sp³-hybridized carbons (Fsp3) is 0.833. The molecule has 1 heterocycles. The largest absolute Gasteiger partial charge is 0.461 e. The molecule has 0 aromatic carbocycles. The van der Waals surface area contributed by atoms with E-state index in [9.17, 15) is 0 Å². The zero-order valence-corrected chi connectivity index (χ0v) is 11.1. The average molecular weight is 212 g/mol. The van der Waals surface area contributed by atoms with Crippen molar-refractivity contribution in [3.8, 4) is 0 Å². The topological polar surface area (TPSA) is 18.5 Å². The van der Waals surface area contributed by atoms with Crippen LogP contribution in [0.3, 0.4) is 0 Å². The molecule has 3 heteroatoms. The Morgan fingerprint density at radius 1 is 1.07 bits per heavy atom. The van der Waals surface area contributed by atoms with Crippen LogP contribution in [0.5, 0.6) is 0 Å². The van der Waals surface area contributed by atoms with E-state index >= 15 is 0 Å². The second-order valence-electron chi connectivity index (χ2n) is 4.92. The smallest absolute Gasteiger partial charge is 0.403 e. The quantitative estimate of drug-likeness (QED) is 0.513. The summed E-state index contributed by atoms with van der Waals surface area (Å²) in [6.45, 7) is 16.1. The molecule has 2 nitrogen and oxygen atoms in total. The van der Waals surface area contributed by atoms with E-state index in [1.165, 1.54) is 6.42 Å². The highest BCUT2D eigenvalue weighted by Gasteiger charge is 2.50. The summed E-state index contributed by atoms with van der Waals surface area (Å²) in [5, 5.41) is 0. The highest BCUT2D eigenvalue weighted by atomic mass is 16.7. The zero-order valence-electron chi connectivity index (χ0n) is 11.1. The summed E-state index contributed by atoms with van der Waals surface area (Å²) in [5.41, 5.74) is -0.415. The van der Waals surface area contributed by atoms with Crippen LogP contribution in [0.25, 0.3) is 0 Å². The lowest BCUT2D eigenvalue weighted by Gasteiger charge is -2.32. The summed E-state index contributed by atoms with van der Waals surface area (Å²) >= 11 is 0. The Labute approximate surface area is 95.2 Å². The van der Waals surface area contributed by atoms with Gasteiger partial charge < -0.3 is 9.31 Å². The van der Waals surface area contributed by atoms with Crippen LogP contribution in [0, 0.1) is 0 Å². The van der Waals surface area contributed by atoms with Gasteiger partial charge in [-0.25, -0.2) is 0 Å². The van der Waals surface area contributed by atoms with E-state index in [-0.39, 0.29) is 18.3 Å². The summed E-state index contributed by atoms with van der Waals surface area (Å²) in [4.78, 5) is 0. The Kier molecular flexibility index (Phi) is 5.61. The van der Waals surface area contributed by atoms with Crippen molar-refractivity contribution < 1.29 is 9.31 Å². The van der Waals surface area contributed by atoms with Crippen LogP contribution in [0.15, 0.2) is 12.7 Å². The maximum atomic E-state index is 5.71. The normalized spacial score (nSPS) is 21.9. The molecule has 0 atom stereocenters. The van der Waals surface area contributed by atoms with Crippen molar-refractivity contribution in [2.75, 3.05) is 0 Å². The lowest BCUT2D eigenvalue weighted by Crippen LogP contribution is -2.41. The van der Waals surface area contributed by atoms with E-state index in [4.69, 9.17) is 9.31 Å². The van der Waals surface area contributed by atoms with Gasteiger partial charge in [-0.1, -0.05) is 26.3 Å². The van der Waals surface area contributed by atoms with Gasteiger partial charge in [0.15, 0.2) is 0 Å². The Balaban J connectivity index is 0.000000583. The molecule has 1 fully saturated rings. The van der Waals surface area contributed by atoms with Gasteiger partial charge in [0.05, 0.1) is 11.2 Å². The van der Waals surface area contributed by atoms with E-state index in [0.29, 0.717) is 0 Å². The van der Waals surface area contributed by atoms with Crippen LogP contribution < -0.4 is 0 Å². The Bertz CT molecular complexity index is 184. The number of rotatable bonds is 2. The molecule has 0 spiro atoms. The van der Waals surface area contributed by atoms with E-state index in [1.807, 2.05) is 6.08 Å². The summed E-state index contributed by atoms with van der Waals surface area (Å²) in [7, 11) is -0.118. The first-order valence-electron chi connectivity index (χ1n) is 5.77. The minimum atomic E-state index is -0.208. The van der Waals surface area contributed by atoms with Crippen molar-refractivity contribution in [2.45, 2.75) is 65.5 Å². The molecular formula is C12H25BO2. The molecule has 0 amide bonds. The predicted octanol–water partition coefficient (Wildman–Crippen LogP) is 3.68. The minimum absolute atomic E-state index is 0.118. The van der Waals surface area contributed by atoms with E-state index in [0.717, 1.165) is 6.32 Å². The number of hydrogen-bond donors (Lipinski definition) is 0. The van der Waals surface area contributed by atoms with Crippen molar-refractivity contribution in [1.82, 2.24) is 0 Å². The van der Waals surface area contributed by atoms with E-state index in [2.05, 4.69) is 48.1 Å². The molecule has 1 aliphatic heterocycles. The summed E-state index contributed by atoms with van der Waals surface area (Å²) < 4.78 is 11.4. The predicted molar refractivity (Wildman–Crippen MR) is 67.1 cm³/mol. The van der Waals surface area contributed by atoms with Gasteiger partial charge in [-0.3, -0.25) is 0 Å². The van der Waals surface area contributed by atoms with Crippen molar-refractivity contribution in [3.05, 3.63) is 12.7 Å². The first-order chi connectivity index (χ1) is 6.80. The molecule has 0 saturated carbocycles. The molecule has 15 heavy (non-hydrogen) atoms. The monoisotopic (exact) mass is 212 g/mol. The average Bonchev–Trinajstić information content (AvgIpc) is 2.22. The third-order valence-electron chi connectivity index (χ3n) is 2.66. The van der Waals surface area contributed by atoms with E-state index < -0.39 is 0 Å². The summed E-state index contributed by atoms with van der Waals surface area (Å²) in [5.74, 6) is 0. The molecule has 0 aromatic heterocycles. The molecule has 0 aromatic rings. The molecule has 1 rings (SSSR count). The van der Waals surface area contributed by atoms with E-state index in [1.54, 1.807) is 0 Å². The van der Waals surface area contributed by atoms with Gasteiger partial charge in [0.2, 0.25) is 0 Å². The van der Waals surface area contributed by atoms with Gasteiger partial charge in [0.1, 0.15) is 0 Å². The zero-order chi connectivity index (χ0) is 12.1. The molecule has 88 valence electrons. The fourth-order valence-electron chi connectivity index (χ4n) is 1.20. The molecule has 0 bridgehead atoms. The van der Waals surface area contributed by atoms with Crippen molar-refractivity contribution in [1.29, 1.82) is 0 Å². The Morgan fingerprint density at radius 3 is 1.67 bits per heavy atom. The highest BCUT2D eigenvalue weighted by molar-refractivity contribution is 6.46. The summed E-state index contributed by atoms with van der Waals surface area (Å²) in [6.07, 6.45) is 3.83. The molecular weight excluding hydrogens is 187 g/mol. The van der Waals surface area contributed by atoms with Crippen LogP contribution in [0.4, 0.5) is 0 Å². The second-order valence-corrected chi connectivity index (χ2v) is 4.92. The van der Waals surface area contributed by atoms with Gasteiger partial charge in [-0.15, -0.1) is 6.58 Å². The molecule has 0 radical (unpaired) electrons. The molecule has 0 aliphatic carbocycles. The third-order valence-corrected chi connectivity index (χ3v) is 2.66. The molecule has 0 N–H and O–H groups in total. The fourth-order valence-corrected chi connectivity index (χ4v) is 1.20. The summed E-state index contributed by atoms with van der Waals surface area (Å²) in [6, 6.07) is 0. The van der Waals surface area contributed by atoms with Crippen molar-refractivity contribution in [3.63, 3.8) is 0 Å². The molecule has 1 saturated heterocycles. The first-order valence-corrected chi connectivity index (χ1v) is 5.77. The van der Waals surface area contributed by atoms with Crippen LogP contribution in [-0.4, -0.2) is 18.3 Å². The standard InChI is InChI=1S/C9H17BO2.C3H8/c1-6-7-10-11-8(2,3)9(4,5)12-10;1-3-2/h6H,1,7H2,2-5H3;3H2,1-2H3. The SMILES string of the molecule is C=CCB1OC(C)(C)C(C)(C)O1.CCC. The number of hydrogen-bond acceptors (Lipinski definition) is 2. The molecule has 1 aliphatic rings. The van der Waals surface area contributed by atoms with Crippen LogP contribution in [0.2, 0.25) is 6.32 Å². The maximum Gasteiger partial charge on any atom is 0.461 e. The lowest BCUT2D eigenvalue weighted by atomic mass is 9.85. The first kappa shape index (κ1) is 14.7. The maximum absolute atomic E-state index is 5.71. The van der Waals surface area contributed by atoms with Crippen molar-refractivity contribution >= 4 is 7.12 Å². The second kappa shape index (κ2) is 5.71. The van der Waals surface area contributed by atoms with Gasteiger partial charge in [-0.2, -0.15) is 0 Å².